The third kappa shape index (κ3) is 7.94. The van der Waals surface area contributed by atoms with Crippen molar-refractivity contribution in [1.29, 1.82) is 0 Å². The Bertz CT molecular complexity index is 605. The Morgan fingerprint density at radius 3 is 2.63 bits per heavy atom. The quantitative estimate of drug-likeness (QED) is 0.352. The molecule has 2 rings (SSSR count). The van der Waals surface area contributed by atoms with Gasteiger partial charge in [0.05, 0.1) is 6.61 Å². The van der Waals surface area contributed by atoms with Crippen LogP contribution in [0.4, 0.5) is 0 Å². The Kier molecular flexibility index (Phi) is 10.5. The zero-order valence-electron chi connectivity index (χ0n) is 16.8. The zero-order valence-corrected chi connectivity index (χ0v) is 19.2. The number of halogens is 1. The molecular formula is C20H33IN4O2. The third-order valence-electron chi connectivity index (χ3n) is 4.37. The second kappa shape index (κ2) is 12.0. The summed E-state index contributed by atoms with van der Waals surface area (Å²) < 4.78 is 5.71. The molecule has 1 aliphatic rings. The first kappa shape index (κ1) is 23.5. The first-order valence-electron chi connectivity index (χ1n) is 9.48. The molecule has 0 aliphatic carbocycles. The van der Waals surface area contributed by atoms with E-state index in [1.54, 1.807) is 7.05 Å². The number of amides is 1. The van der Waals surface area contributed by atoms with E-state index in [0.29, 0.717) is 18.9 Å². The summed E-state index contributed by atoms with van der Waals surface area (Å²) in [7, 11) is 1.77. The highest BCUT2D eigenvalue weighted by Crippen LogP contribution is 2.13. The molecule has 0 spiro atoms. The van der Waals surface area contributed by atoms with Gasteiger partial charge in [0.25, 0.3) is 0 Å². The van der Waals surface area contributed by atoms with E-state index < -0.39 is 0 Å². The van der Waals surface area contributed by atoms with Crippen LogP contribution < -0.4 is 15.4 Å². The Labute approximate surface area is 180 Å². The zero-order chi connectivity index (χ0) is 18.9. The Morgan fingerprint density at radius 2 is 2.04 bits per heavy atom. The molecule has 0 aromatic heterocycles. The maximum atomic E-state index is 11.8. The summed E-state index contributed by atoms with van der Waals surface area (Å²) in [6.07, 6.45) is 1.52. The number of rotatable bonds is 7. The van der Waals surface area contributed by atoms with Crippen LogP contribution in [0.5, 0.6) is 5.75 Å². The van der Waals surface area contributed by atoms with Gasteiger partial charge in [-0.25, -0.2) is 0 Å². The fraction of sp³-hybridized carbons (Fsp3) is 0.600. The van der Waals surface area contributed by atoms with Crippen LogP contribution >= 0.6 is 24.0 Å². The molecule has 0 radical (unpaired) electrons. The van der Waals surface area contributed by atoms with Crippen molar-refractivity contribution in [3.05, 3.63) is 29.8 Å². The van der Waals surface area contributed by atoms with Gasteiger partial charge in [0.1, 0.15) is 5.75 Å². The largest absolute Gasteiger partial charge is 0.493 e. The molecule has 27 heavy (non-hydrogen) atoms. The van der Waals surface area contributed by atoms with Crippen molar-refractivity contribution in [2.45, 2.75) is 46.2 Å². The average Bonchev–Trinajstić information content (AvgIpc) is 3.12. The SMILES string of the molecule is CCC(=O)N1CCC(NC(=NC)NCc2ccc(OCC(C)C)cc2)C1.I. The number of carbonyl (C=O) groups excluding carboxylic acids is 1. The molecule has 1 heterocycles. The highest BCUT2D eigenvalue weighted by atomic mass is 127. The number of hydrogen-bond acceptors (Lipinski definition) is 3. The summed E-state index contributed by atoms with van der Waals surface area (Å²) in [5, 5.41) is 6.74. The van der Waals surface area contributed by atoms with E-state index in [9.17, 15) is 4.79 Å². The lowest BCUT2D eigenvalue weighted by molar-refractivity contribution is -0.129. The molecule has 1 amide bonds. The number of hydrogen-bond donors (Lipinski definition) is 2. The molecule has 1 unspecified atom stereocenters. The summed E-state index contributed by atoms with van der Waals surface area (Å²) >= 11 is 0. The van der Waals surface area contributed by atoms with Gasteiger partial charge in [0.15, 0.2) is 5.96 Å². The minimum absolute atomic E-state index is 0. The monoisotopic (exact) mass is 488 g/mol. The number of carbonyl (C=O) groups is 1. The van der Waals surface area contributed by atoms with Gasteiger partial charge in [-0.2, -0.15) is 0 Å². The molecule has 6 nitrogen and oxygen atoms in total. The minimum atomic E-state index is 0. The maximum absolute atomic E-state index is 11.8. The first-order valence-corrected chi connectivity index (χ1v) is 9.48. The highest BCUT2D eigenvalue weighted by Gasteiger charge is 2.25. The van der Waals surface area contributed by atoms with Crippen molar-refractivity contribution < 1.29 is 9.53 Å². The smallest absolute Gasteiger partial charge is 0.222 e. The molecule has 1 fully saturated rings. The van der Waals surface area contributed by atoms with Gasteiger partial charge in [-0.05, 0) is 30.0 Å². The van der Waals surface area contributed by atoms with Crippen molar-refractivity contribution in [3.63, 3.8) is 0 Å². The normalized spacial score (nSPS) is 16.9. The average molecular weight is 488 g/mol. The van der Waals surface area contributed by atoms with Crippen molar-refractivity contribution >= 4 is 35.8 Å². The van der Waals surface area contributed by atoms with E-state index in [1.165, 1.54) is 5.56 Å². The van der Waals surface area contributed by atoms with Gasteiger partial charge in [0, 0.05) is 39.1 Å². The van der Waals surface area contributed by atoms with Crippen LogP contribution in [0.15, 0.2) is 29.3 Å². The molecule has 0 saturated carbocycles. The van der Waals surface area contributed by atoms with Crippen LogP contribution in [0, 0.1) is 5.92 Å². The predicted octanol–water partition coefficient (Wildman–Crippen LogP) is 3.02. The second-order valence-electron chi connectivity index (χ2n) is 7.10. The lowest BCUT2D eigenvalue weighted by atomic mass is 10.2. The van der Waals surface area contributed by atoms with Gasteiger partial charge in [-0.15, -0.1) is 24.0 Å². The van der Waals surface area contributed by atoms with E-state index in [1.807, 2.05) is 24.0 Å². The van der Waals surface area contributed by atoms with Crippen molar-refractivity contribution in [1.82, 2.24) is 15.5 Å². The number of likely N-dealkylation sites (tertiary alicyclic amines) is 1. The van der Waals surface area contributed by atoms with Gasteiger partial charge >= 0.3 is 0 Å². The molecule has 1 aromatic carbocycles. The number of nitrogens with zero attached hydrogens (tertiary/aromatic N) is 2. The fourth-order valence-corrected chi connectivity index (χ4v) is 2.87. The number of benzene rings is 1. The lowest BCUT2D eigenvalue weighted by Gasteiger charge is -2.19. The van der Waals surface area contributed by atoms with Gasteiger partial charge < -0.3 is 20.3 Å². The molecular weight excluding hydrogens is 455 g/mol. The standard InChI is InChI=1S/C20H32N4O2.HI/c1-5-19(25)24-11-10-17(13-24)23-20(21-4)22-12-16-6-8-18(9-7-16)26-14-15(2)3;/h6-9,15,17H,5,10-14H2,1-4H3,(H2,21,22,23);1H. The number of nitrogens with one attached hydrogen (secondary N) is 2. The van der Waals surface area contributed by atoms with Crippen molar-refractivity contribution in [3.8, 4) is 5.75 Å². The van der Waals surface area contributed by atoms with Crippen LogP contribution in [-0.4, -0.2) is 49.6 Å². The van der Waals surface area contributed by atoms with E-state index >= 15 is 0 Å². The number of aliphatic imine (C=N–C) groups is 1. The minimum Gasteiger partial charge on any atom is -0.493 e. The summed E-state index contributed by atoms with van der Waals surface area (Å²) in [5.41, 5.74) is 1.17. The van der Waals surface area contributed by atoms with Crippen molar-refractivity contribution in [2.75, 3.05) is 26.7 Å². The van der Waals surface area contributed by atoms with Crippen LogP contribution in [0.25, 0.3) is 0 Å². The number of guanidine groups is 1. The lowest BCUT2D eigenvalue weighted by Crippen LogP contribution is -2.44. The molecule has 152 valence electrons. The summed E-state index contributed by atoms with van der Waals surface area (Å²) in [6.45, 7) is 9.16. The molecule has 1 atom stereocenters. The Hall–Kier alpha value is -1.51. The van der Waals surface area contributed by atoms with E-state index in [4.69, 9.17) is 4.74 Å². The molecule has 7 heteroatoms. The summed E-state index contributed by atoms with van der Waals surface area (Å²) in [4.78, 5) is 18.0. The third-order valence-corrected chi connectivity index (χ3v) is 4.37. The second-order valence-corrected chi connectivity index (χ2v) is 7.10. The van der Waals surface area contributed by atoms with Gasteiger partial charge in [-0.3, -0.25) is 9.79 Å². The Morgan fingerprint density at radius 1 is 1.33 bits per heavy atom. The summed E-state index contributed by atoms with van der Waals surface area (Å²) in [5.74, 6) is 2.40. The maximum Gasteiger partial charge on any atom is 0.222 e. The van der Waals surface area contributed by atoms with Crippen molar-refractivity contribution in [2.24, 2.45) is 10.9 Å². The van der Waals surface area contributed by atoms with E-state index in [-0.39, 0.29) is 35.9 Å². The fourth-order valence-electron chi connectivity index (χ4n) is 2.87. The molecule has 1 saturated heterocycles. The first-order chi connectivity index (χ1) is 12.5. The molecule has 1 aliphatic heterocycles. The van der Waals surface area contributed by atoms with Crippen LogP contribution in [0.2, 0.25) is 0 Å². The molecule has 0 bridgehead atoms. The predicted molar refractivity (Wildman–Crippen MR) is 121 cm³/mol. The summed E-state index contributed by atoms with van der Waals surface area (Å²) in [6, 6.07) is 8.38. The topological polar surface area (TPSA) is 66.0 Å². The van der Waals surface area contributed by atoms with Crippen LogP contribution in [0.3, 0.4) is 0 Å². The number of ether oxygens (including phenoxy) is 1. The molecule has 2 N–H and O–H groups in total. The Balaban J connectivity index is 0.00000364. The highest BCUT2D eigenvalue weighted by molar-refractivity contribution is 14.0. The van der Waals surface area contributed by atoms with E-state index in [0.717, 1.165) is 37.8 Å². The van der Waals surface area contributed by atoms with Gasteiger partial charge in [0.2, 0.25) is 5.91 Å². The van der Waals surface area contributed by atoms with Crippen LogP contribution in [-0.2, 0) is 11.3 Å². The molecule has 1 aromatic rings. The van der Waals surface area contributed by atoms with Crippen LogP contribution in [0.1, 0.15) is 39.2 Å². The van der Waals surface area contributed by atoms with E-state index in [2.05, 4.69) is 41.6 Å². The van der Waals surface area contributed by atoms with Gasteiger partial charge in [-0.1, -0.05) is 32.9 Å².